The van der Waals surface area contributed by atoms with Crippen LogP contribution in [0.4, 0.5) is 5.82 Å². The highest BCUT2D eigenvalue weighted by atomic mass is 16.3. The molecule has 4 nitrogen and oxygen atoms in total. The number of aromatic hydroxyl groups is 1. The molecule has 19 heavy (non-hydrogen) atoms. The minimum atomic E-state index is 0.223. The van der Waals surface area contributed by atoms with Gasteiger partial charge in [0.15, 0.2) is 0 Å². The van der Waals surface area contributed by atoms with Crippen molar-refractivity contribution in [3.05, 3.63) is 30.5 Å². The third kappa shape index (κ3) is 3.35. The predicted molar refractivity (Wildman–Crippen MR) is 79.4 cm³/mol. The van der Waals surface area contributed by atoms with Crippen LogP contribution in [-0.2, 0) is 0 Å². The van der Waals surface area contributed by atoms with E-state index in [0.29, 0.717) is 6.54 Å². The second-order valence-electron chi connectivity index (χ2n) is 4.78. The lowest BCUT2D eigenvalue weighted by Crippen LogP contribution is -2.29. The molecular formula is C15H21N3O. The van der Waals surface area contributed by atoms with Crippen LogP contribution in [0.5, 0.6) is 5.75 Å². The van der Waals surface area contributed by atoms with Crippen molar-refractivity contribution in [3.8, 4) is 5.75 Å². The van der Waals surface area contributed by atoms with Crippen LogP contribution in [0.25, 0.3) is 10.8 Å². The fraction of sp³-hybridized carbons (Fsp3) is 0.400. The van der Waals surface area contributed by atoms with Gasteiger partial charge in [-0.25, -0.2) is 4.98 Å². The Labute approximate surface area is 113 Å². The third-order valence-corrected chi connectivity index (χ3v) is 3.28. The summed E-state index contributed by atoms with van der Waals surface area (Å²) < 4.78 is 0. The van der Waals surface area contributed by atoms with Crippen LogP contribution < -0.4 is 11.1 Å². The Morgan fingerprint density at radius 3 is 2.95 bits per heavy atom. The van der Waals surface area contributed by atoms with Crippen molar-refractivity contribution < 1.29 is 5.11 Å². The van der Waals surface area contributed by atoms with Gasteiger partial charge in [-0.3, -0.25) is 0 Å². The van der Waals surface area contributed by atoms with E-state index in [1.165, 1.54) is 0 Å². The molecule has 1 atom stereocenters. The molecule has 0 fully saturated rings. The molecule has 4 N–H and O–H groups in total. The fourth-order valence-corrected chi connectivity index (χ4v) is 2.16. The first-order chi connectivity index (χ1) is 9.24. The maximum absolute atomic E-state index is 9.61. The Hall–Kier alpha value is -1.81. The molecule has 0 amide bonds. The number of nitrogens with two attached hydrogens (primary N) is 1. The highest BCUT2D eigenvalue weighted by Gasteiger charge is 2.09. The number of rotatable bonds is 6. The molecule has 2 aromatic rings. The van der Waals surface area contributed by atoms with Crippen LogP contribution in [0, 0.1) is 0 Å². The molecule has 2 rings (SSSR count). The zero-order valence-electron chi connectivity index (χ0n) is 11.3. The number of aromatic nitrogens is 1. The van der Waals surface area contributed by atoms with E-state index in [1.54, 1.807) is 18.3 Å². The van der Waals surface area contributed by atoms with Gasteiger partial charge in [-0.15, -0.1) is 0 Å². The standard InChI is InChI=1S/C15H21N3O/c1-2-3-4-12(10-16)18-15-14-9-13(19)6-5-11(14)7-8-17-15/h5-9,12,19H,2-4,10,16H2,1H3,(H,17,18). The summed E-state index contributed by atoms with van der Waals surface area (Å²) in [4.78, 5) is 4.37. The van der Waals surface area contributed by atoms with Gasteiger partial charge in [-0.1, -0.05) is 25.8 Å². The van der Waals surface area contributed by atoms with Crippen LogP contribution in [0.15, 0.2) is 30.5 Å². The minimum absolute atomic E-state index is 0.223. The quantitative estimate of drug-likeness (QED) is 0.746. The summed E-state index contributed by atoms with van der Waals surface area (Å²) in [7, 11) is 0. The zero-order chi connectivity index (χ0) is 13.7. The first-order valence-corrected chi connectivity index (χ1v) is 6.79. The van der Waals surface area contributed by atoms with Crippen LogP contribution in [0.3, 0.4) is 0 Å². The van der Waals surface area contributed by atoms with Gasteiger partial charge in [0, 0.05) is 24.2 Å². The molecule has 1 unspecified atom stereocenters. The van der Waals surface area contributed by atoms with Gasteiger partial charge < -0.3 is 16.2 Å². The van der Waals surface area contributed by atoms with Crippen molar-refractivity contribution in [2.75, 3.05) is 11.9 Å². The maximum Gasteiger partial charge on any atom is 0.134 e. The average Bonchev–Trinajstić information content (AvgIpc) is 2.43. The molecule has 0 radical (unpaired) electrons. The monoisotopic (exact) mass is 259 g/mol. The first-order valence-electron chi connectivity index (χ1n) is 6.79. The zero-order valence-corrected chi connectivity index (χ0v) is 11.3. The van der Waals surface area contributed by atoms with Crippen LogP contribution in [0.2, 0.25) is 0 Å². The molecule has 0 spiro atoms. The number of hydrogen-bond donors (Lipinski definition) is 3. The molecule has 1 aromatic carbocycles. The number of nitrogens with zero attached hydrogens (tertiary/aromatic N) is 1. The largest absolute Gasteiger partial charge is 0.508 e. The summed E-state index contributed by atoms with van der Waals surface area (Å²) in [5.74, 6) is 1.04. The number of phenols is 1. The Bertz CT molecular complexity index is 542. The van der Waals surface area contributed by atoms with Crippen LogP contribution >= 0.6 is 0 Å². The molecule has 0 aliphatic carbocycles. The maximum atomic E-state index is 9.61. The Morgan fingerprint density at radius 1 is 1.37 bits per heavy atom. The molecule has 0 aliphatic heterocycles. The molecule has 0 aliphatic rings. The van der Waals surface area contributed by atoms with Crippen molar-refractivity contribution in [1.29, 1.82) is 0 Å². The Balaban J connectivity index is 2.26. The van der Waals surface area contributed by atoms with E-state index in [4.69, 9.17) is 5.73 Å². The summed E-state index contributed by atoms with van der Waals surface area (Å²) in [5, 5.41) is 15.0. The summed E-state index contributed by atoms with van der Waals surface area (Å²) in [6.45, 7) is 2.75. The van der Waals surface area contributed by atoms with E-state index >= 15 is 0 Å². The molecule has 0 bridgehead atoms. The van der Waals surface area contributed by atoms with Gasteiger partial charge in [0.2, 0.25) is 0 Å². The van der Waals surface area contributed by atoms with Crippen LogP contribution in [0.1, 0.15) is 26.2 Å². The molecule has 4 heteroatoms. The number of anilines is 1. The predicted octanol–water partition coefficient (Wildman–Crippen LogP) is 2.87. The molecule has 1 heterocycles. The lowest BCUT2D eigenvalue weighted by Gasteiger charge is -2.18. The van der Waals surface area contributed by atoms with E-state index in [1.807, 2.05) is 12.1 Å². The third-order valence-electron chi connectivity index (χ3n) is 3.28. The normalized spacial score (nSPS) is 12.5. The second-order valence-corrected chi connectivity index (χ2v) is 4.78. The van der Waals surface area contributed by atoms with E-state index in [2.05, 4.69) is 17.2 Å². The van der Waals surface area contributed by atoms with Gasteiger partial charge in [-0.2, -0.15) is 0 Å². The SMILES string of the molecule is CCCCC(CN)Nc1nccc2ccc(O)cc12. The lowest BCUT2D eigenvalue weighted by molar-refractivity contribution is 0.476. The second kappa shape index (κ2) is 6.38. The lowest BCUT2D eigenvalue weighted by atomic mass is 10.1. The number of nitrogens with one attached hydrogen (secondary N) is 1. The van der Waals surface area contributed by atoms with Gasteiger partial charge in [0.25, 0.3) is 0 Å². The number of hydrogen-bond acceptors (Lipinski definition) is 4. The smallest absolute Gasteiger partial charge is 0.134 e. The topological polar surface area (TPSA) is 71.2 Å². The molecule has 1 aromatic heterocycles. The van der Waals surface area contributed by atoms with Gasteiger partial charge in [0.05, 0.1) is 0 Å². The highest BCUT2D eigenvalue weighted by molar-refractivity contribution is 5.92. The summed E-state index contributed by atoms with van der Waals surface area (Å²) >= 11 is 0. The number of pyridine rings is 1. The molecule has 0 saturated heterocycles. The van der Waals surface area contributed by atoms with Crippen LogP contribution in [-0.4, -0.2) is 22.7 Å². The van der Waals surface area contributed by atoms with E-state index in [-0.39, 0.29) is 11.8 Å². The van der Waals surface area contributed by atoms with E-state index in [9.17, 15) is 5.11 Å². The molecular weight excluding hydrogens is 238 g/mol. The summed E-state index contributed by atoms with van der Waals surface area (Å²) in [6.07, 6.45) is 5.10. The number of benzene rings is 1. The first kappa shape index (κ1) is 13.6. The van der Waals surface area contributed by atoms with Gasteiger partial charge >= 0.3 is 0 Å². The van der Waals surface area contributed by atoms with E-state index < -0.39 is 0 Å². The van der Waals surface area contributed by atoms with E-state index in [0.717, 1.165) is 35.9 Å². The average molecular weight is 259 g/mol. The van der Waals surface area contributed by atoms with Crippen molar-refractivity contribution in [2.45, 2.75) is 32.2 Å². The highest BCUT2D eigenvalue weighted by Crippen LogP contribution is 2.25. The van der Waals surface area contributed by atoms with Crippen molar-refractivity contribution in [2.24, 2.45) is 5.73 Å². The van der Waals surface area contributed by atoms with Gasteiger partial charge in [-0.05, 0) is 30.0 Å². The van der Waals surface area contributed by atoms with Crippen molar-refractivity contribution in [1.82, 2.24) is 4.98 Å². The molecule has 102 valence electrons. The Morgan fingerprint density at radius 2 is 2.21 bits per heavy atom. The Kier molecular flexibility index (Phi) is 4.58. The van der Waals surface area contributed by atoms with Gasteiger partial charge in [0.1, 0.15) is 11.6 Å². The van der Waals surface area contributed by atoms with Crippen molar-refractivity contribution in [3.63, 3.8) is 0 Å². The number of phenolic OH excluding ortho intramolecular Hbond substituents is 1. The number of unbranched alkanes of at least 4 members (excludes halogenated alkanes) is 1. The fourth-order valence-electron chi connectivity index (χ4n) is 2.16. The van der Waals surface area contributed by atoms with Crippen molar-refractivity contribution >= 4 is 16.6 Å². The number of fused-ring (bicyclic) bond motifs is 1. The summed E-state index contributed by atoms with van der Waals surface area (Å²) in [6, 6.07) is 7.46. The molecule has 0 saturated carbocycles. The minimum Gasteiger partial charge on any atom is -0.508 e. The summed E-state index contributed by atoms with van der Waals surface area (Å²) in [5.41, 5.74) is 5.80.